The number of halogens is 1. The van der Waals surface area contributed by atoms with Gasteiger partial charge in [-0.05, 0) is 42.7 Å². The van der Waals surface area contributed by atoms with Crippen LogP contribution in [-0.4, -0.2) is 47.3 Å². The Hall–Kier alpha value is -3.16. The van der Waals surface area contributed by atoms with Crippen LogP contribution in [0.25, 0.3) is 0 Å². The Morgan fingerprint density at radius 3 is 2.75 bits per heavy atom. The van der Waals surface area contributed by atoms with E-state index in [1.54, 1.807) is 29.2 Å². The van der Waals surface area contributed by atoms with Crippen molar-refractivity contribution in [3.8, 4) is 0 Å². The summed E-state index contributed by atoms with van der Waals surface area (Å²) in [7, 11) is 0. The van der Waals surface area contributed by atoms with Gasteiger partial charge in [-0.25, -0.2) is 4.39 Å². The lowest BCUT2D eigenvalue weighted by Gasteiger charge is -2.44. The number of carbonyl (C=O) groups excluding carboxylic acids is 3. The number of benzene rings is 1. The molecule has 146 valence electrons. The average Bonchev–Trinajstić information content (AvgIpc) is 3.23. The Morgan fingerprint density at radius 1 is 1.25 bits per heavy atom. The average molecular weight is 385 g/mol. The minimum atomic E-state index is -0.663. The van der Waals surface area contributed by atoms with Gasteiger partial charge in [-0.3, -0.25) is 14.4 Å². The third-order valence-corrected chi connectivity index (χ3v) is 5.24. The van der Waals surface area contributed by atoms with E-state index in [4.69, 9.17) is 4.42 Å². The smallest absolute Gasteiger partial charge is 0.287 e. The lowest BCUT2D eigenvalue weighted by molar-refractivity contribution is -0.151. The molecule has 0 radical (unpaired) electrons. The summed E-state index contributed by atoms with van der Waals surface area (Å²) in [4.78, 5) is 39.2. The molecule has 3 atom stereocenters. The molecule has 0 saturated carbocycles. The molecule has 28 heavy (non-hydrogen) atoms. The first-order valence-electron chi connectivity index (χ1n) is 9.21. The van der Waals surface area contributed by atoms with Crippen molar-refractivity contribution in [2.24, 2.45) is 0 Å². The Morgan fingerprint density at radius 2 is 2.04 bits per heavy atom. The lowest BCUT2D eigenvalue weighted by atomic mass is 9.91. The molecule has 2 aliphatic heterocycles. The van der Waals surface area contributed by atoms with Crippen molar-refractivity contribution in [2.75, 3.05) is 6.54 Å². The van der Waals surface area contributed by atoms with Gasteiger partial charge in [0, 0.05) is 19.0 Å². The van der Waals surface area contributed by atoms with Gasteiger partial charge >= 0.3 is 0 Å². The van der Waals surface area contributed by atoms with Gasteiger partial charge in [0.05, 0.1) is 6.26 Å². The van der Waals surface area contributed by atoms with E-state index in [1.807, 2.05) is 0 Å². The molecule has 3 unspecified atom stereocenters. The number of furan rings is 1. The summed E-state index contributed by atoms with van der Waals surface area (Å²) in [6.45, 7) is 0.389. The second-order valence-electron chi connectivity index (χ2n) is 7.11. The third-order valence-electron chi connectivity index (χ3n) is 5.24. The van der Waals surface area contributed by atoms with E-state index in [1.165, 1.54) is 18.4 Å². The zero-order chi connectivity index (χ0) is 19.7. The highest BCUT2D eigenvalue weighted by molar-refractivity contribution is 5.97. The zero-order valence-electron chi connectivity index (χ0n) is 15.1. The van der Waals surface area contributed by atoms with Crippen LogP contribution in [0.5, 0.6) is 0 Å². The maximum Gasteiger partial charge on any atom is 0.287 e. The van der Waals surface area contributed by atoms with Gasteiger partial charge in [0.2, 0.25) is 11.8 Å². The van der Waals surface area contributed by atoms with Crippen molar-refractivity contribution in [1.29, 1.82) is 0 Å². The van der Waals surface area contributed by atoms with Crippen molar-refractivity contribution < 1.29 is 23.2 Å². The first-order chi connectivity index (χ1) is 13.5. The molecule has 2 aliphatic rings. The Labute approximate surface area is 160 Å². The van der Waals surface area contributed by atoms with Crippen LogP contribution in [-0.2, 0) is 16.0 Å². The van der Waals surface area contributed by atoms with Crippen LogP contribution in [0.3, 0.4) is 0 Å². The molecule has 1 aromatic carbocycles. The minimum Gasteiger partial charge on any atom is -0.459 e. The van der Waals surface area contributed by atoms with E-state index >= 15 is 0 Å². The molecule has 1 aromatic heterocycles. The van der Waals surface area contributed by atoms with Gasteiger partial charge in [-0.2, -0.15) is 0 Å². The predicted octanol–water partition coefficient (Wildman–Crippen LogP) is 1.25. The van der Waals surface area contributed by atoms with Crippen LogP contribution in [0.1, 0.15) is 29.0 Å². The van der Waals surface area contributed by atoms with E-state index in [0.29, 0.717) is 25.8 Å². The predicted molar refractivity (Wildman–Crippen MR) is 96.7 cm³/mol. The first-order valence-corrected chi connectivity index (χ1v) is 9.21. The molecule has 4 rings (SSSR count). The van der Waals surface area contributed by atoms with Gasteiger partial charge in [-0.15, -0.1) is 0 Å². The molecular formula is C20H20FN3O4. The second-order valence-corrected chi connectivity index (χ2v) is 7.11. The van der Waals surface area contributed by atoms with Gasteiger partial charge in [-0.1, -0.05) is 12.1 Å². The standard InChI is InChI=1S/C20H20FN3O4/c21-13-5-3-12(4-6-13)10-15-20(27)24-8-7-14(11-16(24)18(25)23-15)22-19(26)17-2-1-9-28-17/h1-6,9,14-16H,7-8,10-11H2,(H,22,26)(H,23,25). The van der Waals surface area contributed by atoms with Crippen molar-refractivity contribution in [1.82, 2.24) is 15.5 Å². The normalized spacial score (nSPS) is 24.5. The van der Waals surface area contributed by atoms with Gasteiger partial charge in [0.25, 0.3) is 5.91 Å². The van der Waals surface area contributed by atoms with Crippen LogP contribution >= 0.6 is 0 Å². The van der Waals surface area contributed by atoms with E-state index < -0.39 is 12.1 Å². The zero-order valence-corrected chi connectivity index (χ0v) is 15.1. The molecule has 2 saturated heterocycles. The van der Waals surface area contributed by atoms with Crippen LogP contribution in [0, 0.1) is 5.82 Å². The number of hydrogen-bond acceptors (Lipinski definition) is 4. The fourth-order valence-electron chi connectivity index (χ4n) is 3.80. The Bertz CT molecular complexity index is 881. The van der Waals surface area contributed by atoms with E-state index in [0.717, 1.165) is 5.56 Å². The summed E-state index contributed by atoms with van der Waals surface area (Å²) >= 11 is 0. The fraction of sp³-hybridized carbons (Fsp3) is 0.350. The quantitative estimate of drug-likeness (QED) is 0.829. The van der Waals surface area contributed by atoms with Crippen LogP contribution in [0.4, 0.5) is 4.39 Å². The molecule has 0 aliphatic carbocycles. The Balaban J connectivity index is 1.40. The van der Waals surface area contributed by atoms with Crippen molar-refractivity contribution in [3.05, 3.63) is 59.8 Å². The largest absolute Gasteiger partial charge is 0.459 e. The Kier molecular flexibility index (Phi) is 4.85. The summed E-state index contributed by atoms with van der Waals surface area (Å²) in [5, 5.41) is 5.63. The molecular weight excluding hydrogens is 365 g/mol. The van der Waals surface area contributed by atoms with Crippen molar-refractivity contribution in [3.63, 3.8) is 0 Å². The van der Waals surface area contributed by atoms with Crippen LogP contribution in [0.2, 0.25) is 0 Å². The molecule has 0 spiro atoms. The van der Waals surface area contributed by atoms with Gasteiger partial charge in [0.1, 0.15) is 17.9 Å². The highest BCUT2D eigenvalue weighted by atomic mass is 19.1. The maximum absolute atomic E-state index is 13.1. The maximum atomic E-state index is 13.1. The molecule has 7 nitrogen and oxygen atoms in total. The number of nitrogens with zero attached hydrogens (tertiary/aromatic N) is 1. The first kappa shape index (κ1) is 18.2. The number of fused-ring (bicyclic) bond motifs is 1. The van der Waals surface area contributed by atoms with Crippen LogP contribution < -0.4 is 10.6 Å². The fourth-order valence-corrected chi connectivity index (χ4v) is 3.80. The molecule has 2 aromatic rings. The highest BCUT2D eigenvalue weighted by Crippen LogP contribution is 2.24. The summed E-state index contributed by atoms with van der Waals surface area (Å²) < 4.78 is 18.1. The van der Waals surface area contributed by atoms with Crippen molar-refractivity contribution in [2.45, 2.75) is 37.4 Å². The van der Waals surface area contributed by atoms with E-state index in [9.17, 15) is 18.8 Å². The second kappa shape index (κ2) is 7.46. The van der Waals surface area contributed by atoms with Crippen molar-refractivity contribution >= 4 is 17.7 Å². The number of rotatable bonds is 4. The number of carbonyl (C=O) groups is 3. The monoisotopic (exact) mass is 385 g/mol. The van der Waals surface area contributed by atoms with E-state index in [-0.39, 0.29) is 35.3 Å². The number of piperazine rings is 1. The molecule has 2 fully saturated rings. The minimum absolute atomic E-state index is 0.148. The highest BCUT2D eigenvalue weighted by Gasteiger charge is 2.44. The summed E-state index contributed by atoms with van der Waals surface area (Å²) in [6, 6.07) is 7.60. The number of amides is 3. The molecule has 3 amide bonds. The third kappa shape index (κ3) is 3.62. The molecule has 0 bridgehead atoms. The summed E-state index contributed by atoms with van der Waals surface area (Å²) in [5.74, 6) is -0.846. The van der Waals surface area contributed by atoms with Crippen LogP contribution in [0.15, 0.2) is 47.1 Å². The molecule has 8 heteroatoms. The number of nitrogens with one attached hydrogen (secondary N) is 2. The van der Waals surface area contributed by atoms with E-state index in [2.05, 4.69) is 10.6 Å². The number of piperidine rings is 1. The van der Waals surface area contributed by atoms with Gasteiger partial charge in [0.15, 0.2) is 5.76 Å². The molecule has 3 heterocycles. The molecule has 2 N–H and O–H groups in total. The summed E-state index contributed by atoms with van der Waals surface area (Å²) in [6.07, 6.45) is 2.65. The number of hydrogen-bond donors (Lipinski definition) is 2. The van der Waals surface area contributed by atoms with Gasteiger partial charge < -0.3 is 20.0 Å². The topological polar surface area (TPSA) is 91.7 Å². The summed E-state index contributed by atoms with van der Waals surface area (Å²) in [5.41, 5.74) is 0.777. The lowest BCUT2D eigenvalue weighted by Crippen LogP contribution is -2.67. The SMILES string of the molecule is O=C(NC1CCN2C(=O)C(Cc3ccc(F)cc3)NC(=O)C2C1)c1ccco1.